The van der Waals surface area contributed by atoms with Crippen LogP contribution in [0.4, 0.5) is 5.00 Å². The number of hydrogen-bond donors (Lipinski definition) is 0. The highest BCUT2D eigenvalue weighted by Crippen LogP contribution is 2.39. The Kier molecular flexibility index (Phi) is 4.34. The number of nitriles is 1. The normalized spacial score (nSPS) is 15.7. The summed E-state index contributed by atoms with van der Waals surface area (Å²) in [5.41, 5.74) is 0.434. The highest BCUT2D eigenvalue weighted by molar-refractivity contribution is 8.06. The van der Waals surface area contributed by atoms with Crippen LogP contribution < -0.4 is 4.90 Å². The summed E-state index contributed by atoms with van der Waals surface area (Å²) < 4.78 is 0. The number of anilines is 1. The second-order valence-corrected chi connectivity index (χ2v) is 6.55. The van der Waals surface area contributed by atoms with Crippen LogP contribution in [0.25, 0.3) is 0 Å². The van der Waals surface area contributed by atoms with Crippen LogP contribution in [0.1, 0.15) is 10.4 Å². The van der Waals surface area contributed by atoms with Gasteiger partial charge in [-0.2, -0.15) is 5.26 Å². The highest BCUT2D eigenvalue weighted by atomic mass is 35.5. The summed E-state index contributed by atoms with van der Waals surface area (Å²) in [5.74, 6) is -0.360. The smallest absolute Gasteiger partial charge is 0.207 e. The number of benzene rings is 1. The van der Waals surface area contributed by atoms with E-state index in [1.54, 1.807) is 35.6 Å². The minimum atomic E-state index is -0.360. The van der Waals surface area contributed by atoms with Crippen molar-refractivity contribution in [3.63, 3.8) is 0 Å². The van der Waals surface area contributed by atoms with Crippen LogP contribution in [0.15, 0.2) is 64.0 Å². The molecule has 3 nitrogen and oxygen atoms in total. The standard InChI is InChI=1S/C16H9ClN2OS2/c17-13-5-2-1-4-11(13)15(20)12(10-18)16-19(7-9-22-16)14-6-3-8-21-14/h1-9H/b16-12+. The molecule has 0 amide bonds. The molecule has 6 heteroatoms. The van der Waals surface area contributed by atoms with Crippen molar-refractivity contribution in [2.75, 3.05) is 4.90 Å². The lowest BCUT2D eigenvalue weighted by molar-refractivity contribution is 0.103. The fourth-order valence-electron chi connectivity index (χ4n) is 2.02. The van der Waals surface area contributed by atoms with Crippen LogP contribution in [0.5, 0.6) is 0 Å². The van der Waals surface area contributed by atoms with Crippen molar-refractivity contribution in [3.05, 3.63) is 74.6 Å². The zero-order chi connectivity index (χ0) is 15.5. The van der Waals surface area contributed by atoms with Crippen LogP contribution in [-0.4, -0.2) is 5.78 Å². The fourth-order valence-corrected chi connectivity index (χ4v) is 3.86. The molecule has 0 aliphatic carbocycles. The predicted octanol–water partition coefficient (Wildman–Crippen LogP) is 5.04. The second-order valence-electron chi connectivity index (χ2n) is 4.33. The molecule has 0 N–H and O–H groups in total. The van der Waals surface area contributed by atoms with E-state index in [0.29, 0.717) is 15.6 Å². The number of ketones is 1. The van der Waals surface area contributed by atoms with Crippen molar-refractivity contribution in [1.29, 1.82) is 5.26 Å². The molecule has 0 fully saturated rings. The summed E-state index contributed by atoms with van der Waals surface area (Å²) in [7, 11) is 0. The monoisotopic (exact) mass is 344 g/mol. The Hall–Kier alpha value is -2.00. The lowest BCUT2D eigenvalue weighted by Crippen LogP contribution is -2.14. The zero-order valence-electron chi connectivity index (χ0n) is 11.2. The molecule has 0 spiro atoms. The summed E-state index contributed by atoms with van der Waals surface area (Å²) >= 11 is 8.97. The first-order chi connectivity index (χ1) is 10.7. The molecule has 0 bridgehead atoms. The molecule has 0 atom stereocenters. The third-order valence-corrected chi connectivity index (χ3v) is 5.10. The van der Waals surface area contributed by atoms with Gasteiger partial charge in [0.2, 0.25) is 5.78 Å². The quantitative estimate of drug-likeness (QED) is 0.444. The van der Waals surface area contributed by atoms with Gasteiger partial charge in [0, 0.05) is 11.8 Å². The van der Waals surface area contributed by atoms with Gasteiger partial charge in [0.05, 0.1) is 10.0 Å². The SMILES string of the molecule is N#C/C(C(=O)c1ccccc1Cl)=C1\SC=CN1c1cccs1. The minimum absolute atomic E-state index is 0.0940. The number of carbonyl (C=O) groups is 1. The van der Waals surface area contributed by atoms with E-state index >= 15 is 0 Å². The van der Waals surface area contributed by atoms with Gasteiger partial charge >= 0.3 is 0 Å². The van der Waals surface area contributed by atoms with E-state index in [9.17, 15) is 10.1 Å². The number of hydrogen-bond acceptors (Lipinski definition) is 5. The van der Waals surface area contributed by atoms with Gasteiger partial charge in [0.25, 0.3) is 0 Å². The molecule has 2 heterocycles. The maximum absolute atomic E-state index is 12.7. The van der Waals surface area contributed by atoms with E-state index in [4.69, 9.17) is 11.6 Å². The largest absolute Gasteiger partial charge is 0.301 e. The number of thiophene rings is 1. The first-order valence-electron chi connectivity index (χ1n) is 6.32. The molecule has 1 aromatic heterocycles. The van der Waals surface area contributed by atoms with Crippen LogP contribution in [-0.2, 0) is 0 Å². The summed E-state index contributed by atoms with van der Waals surface area (Å²) in [6.07, 6.45) is 1.85. The van der Waals surface area contributed by atoms with Crippen molar-refractivity contribution in [2.24, 2.45) is 0 Å². The van der Waals surface area contributed by atoms with Crippen molar-refractivity contribution < 1.29 is 4.79 Å². The van der Waals surface area contributed by atoms with Gasteiger partial charge < -0.3 is 4.90 Å². The molecule has 1 aromatic carbocycles. The maximum atomic E-state index is 12.7. The van der Waals surface area contributed by atoms with Gasteiger partial charge in [-0.05, 0) is 35.1 Å². The molecule has 3 rings (SSSR count). The van der Waals surface area contributed by atoms with Crippen molar-refractivity contribution >= 4 is 45.5 Å². The Morgan fingerprint density at radius 3 is 2.73 bits per heavy atom. The number of thioether (sulfide) groups is 1. The number of allylic oxidation sites excluding steroid dienone is 1. The van der Waals surface area contributed by atoms with E-state index < -0.39 is 0 Å². The Morgan fingerprint density at radius 1 is 1.23 bits per heavy atom. The first kappa shape index (κ1) is 14.9. The van der Waals surface area contributed by atoms with E-state index in [0.717, 1.165) is 5.00 Å². The van der Waals surface area contributed by atoms with E-state index in [2.05, 4.69) is 0 Å². The van der Waals surface area contributed by atoms with E-state index in [1.165, 1.54) is 11.8 Å². The molecular formula is C16H9ClN2OS2. The first-order valence-corrected chi connectivity index (χ1v) is 8.46. The van der Waals surface area contributed by atoms with Crippen LogP contribution in [0.2, 0.25) is 5.02 Å². The molecule has 1 aliphatic rings. The number of carbonyl (C=O) groups excluding carboxylic acids is 1. The molecule has 22 heavy (non-hydrogen) atoms. The highest BCUT2D eigenvalue weighted by Gasteiger charge is 2.26. The average molecular weight is 345 g/mol. The Morgan fingerprint density at radius 2 is 2.05 bits per heavy atom. The van der Waals surface area contributed by atoms with Gasteiger partial charge in [0.1, 0.15) is 16.7 Å². The average Bonchev–Trinajstić information content (AvgIpc) is 3.19. The summed E-state index contributed by atoms with van der Waals surface area (Å²) in [6.45, 7) is 0. The predicted molar refractivity (Wildman–Crippen MR) is 92.0 cm³/mol. The summed E-state index contributed by atoms with van der Waals surface area (Å²) in [6, 6.07) is 12.7. The molecule has 1 aliphatic heterocycles. The van der Waals surface area contributed by atoms with Gasteiger partial charge in [0.15, 0.2) is 0 Å². The number of halogens is 1. The Labute approximate surface area is 141 Å². The second kappa shape index (κ2) is 6.41. The van der Waals surface area contributed by atoms with E-state index in [1.807, 2.05) is 40.1 Å². The van der Waals surface area contributed by atoms with Crippen LogP contribution >= 0.6 is 34.7 Å². The maximum Gasteiger partial charge on any atom is 0.207 e. The summed E-state index contributed by atoms with van der Waals surface area (Å²) in [4.78, 5) is 14.5. The van der Waals surface area contributed by atoms with Gasteiger partial charge in [-0.1, -0.05) is 35.5 Å². The molecule has 0 saturated carbocycles. The van der Waals surface area contributed by atoms with Gasteiger partial charge in [-0.3, -0.25) is 4.79 Å². The molecular weight excluding hydrogens is 336 g/mol. The Bertz CT molecular complexity index is 819. The van der Waals surface area contributed by atoms with Gasteiger partial charge in [-0.25, -0.2) is 0 Å². The number of Topliss-reactive ketones (excluding diaryl/α,β-unsaturated/α-hetero) is 1. The lowest BCUT2D eigenvalue weighted by Gasteiger charge is -2.16. The van der Waals surface area contributed by atoms with Crippen molar-refractivity contribution in [1.82, 2.24) is 0 Å². The minimum Gasteiger partial charge on any atom is -0.301 e. The van der Waals surface area contributed by atoms with Crippen molar-refractivity contribution in [2.45, 2.75) is 0 Å². The topological polar surface area (TPSA) is 44.1 Å². The van der Waals surface area contributed by atoms with Gasteiger partial charge in [-0.15, -0.1) is 11.3 Å². The number of nitrogens with zero attached hydrogens (tertiary/aromatic N) is 2. The zero-order valence-corrected chi connectivity index (χ0v) is 13.6. The summed E-state index contributed by atoms with van der Waals surface area (Å²) in [5, 5.41) is 15.2. The van der Waals surface area contributed by atoms with Crippen LogP contribution in [0.3, 0.4) is 0 Å². The third-order valence-electron chi connectivity index (χ3n) is 3.02. The van der Waals surface area contributed by atoms with E-state index in [-0.39, 0.29) is 11.4 Å². The van der Waals surface area contributed by atoms with Crippen LogP contribution in [0, 0.1) is 11.3 Å². The molecule has 0 radical (unpaired) electrons. The lowest BCUT2D eigenvalue weighted by atomic mass is 10.1. The third kappa shape index (κ3) is 2.69. The molecule has 0 saturated heterocycles. The number of rotatable bonds is 3. The molecule has 108 valence electrons. The Balaban J connectivity index is 2.05. The fraction of sp³-hybridized carbons (Fsp3) is 0. The van der Waals surface area contributed by atoms with Crippen molar-refractivity contribution in [3.8, 4) is 6.07 Å². The molecule has 0 unspecified atom stereocenters. The molecule has 2 aromatic rings.